The number of anilines is 6. The van der Waals surface area contributed by atoms with E-state index in [1.807, 2.05) is 158 Å². The zero-order valence-corrected chi connectivity index (χ0v) is 73.5. The fraction of sp³-hybridized carbons (Fsp3) is 0.0317. The summed E-state index contributed by atoms with van der Waals surface area (Å²) in [6, 6.07) is 152. The molecule has 0 bridgehead atoms. The minimum Gasteiger partial charge on any atom is -0.454 e. The van der Waals surface area contributed by atoms with Gasteiger partial charge in [0, 0.05) is 71.9 Å². The molecule has 7 heteroatoms. The maximum atomic E-state index is 17.7. The summed E-state index contributed by atoms with van der Waals surface area (Å²) >= 11 is 0. The zero-order chi connectivity index (χ0) is 88.8. The highest BCUT2D eigenvalue weighted by Gasteiger charge is 2.31. The predicted octanol–water partition coefficient (Wildman–Crippen LogP) is 35.7. The van der Waals surface area contributed by atoms with Gasteiger partial charge < -0.3 is 23.4 Å². The second-order valence-corrected chi connectivity index (χ2v) is 35.2. The van der Waals surface area contributed by atoms with Crippen LogP contribution in [0.15, 0.2) is 441 Å². The molecule has 0 aliphatic carbocycles. The Kier molecular flexibility index (Phi) is 18.5. The van der Waals surface area contributed by atoms with Crippen LogP contribution in [0.3, 0.4) is 0 Å². The summed E-state index contributed by atoms with van der Waals surface area (Å²) in [7, 11) is 0. The Morgan fingerprint density at radius 1 is 0.226 bits per heavy atom. The van der Waals surface area contributed by atoms with Gasteiger partial charge in [0.15, 0.2) is 5.58 Å². The van der Waals surface area contributed by atoms with Gasteiger partial charge in [-0.05, 0) is 279 Å². The Morgan fingerprint density at radius 3 is 1.02 bits per heavy atom. The van der Waals surface area contributed by atoms with E-state index in [1.54, 1.807) is 12.1 Å². The third-order valence-corrected chi connectivity index (χ3v) is 27.8. The molecule has 0 atom stereocenters. The van der Waals surface area contributed by atoms with E-state index in [0.717, 1.165) is 112 Å². The lowest BCUT2D eigenvalue weighted by Crippen LogP contribution is -2.13. The van der Waals surface area contributed by atoms with Crippen LogP contribution < -0.4 is 9.80 Å². The van der Waals surface area contributed by atoms with Gasteiger partial charge in [-0.2, -0.15) is 0 Å². The highest BCUT2D eigenvalue weighted by Crippen LogP contribution is 2.55. The van der Waals surface area contributed by atoms with Crippen LogP contribution in [-0.4, -0.2) is 9.13 Å². The molecule has 23 aromatic carbocycles. The van der Waals surface area contributed by atoms with Crippen LogP contribution in [0.25, 0.3) is 208 Å². The molecule has 3 heterocycles. The van der Waals surface area contributed by atoms with Gasteiger partial charge in [0.2, 0.25) is 0 Å². The molecule has 0 aliphatic rings. The number of hydrogen-bond acceptors (Lipinski definition) is 3. The number of nitrogens with zero attached hydrogens (tertiary/aromatic N) is 4. The van der Waals surface area contributed by atoms with Crippen LogP contribution in [0, 0.1) is 39.3 Å². The molecule has 0 amide bonds. The summed E-state index contributed by atoms with van der Waals surface area (Å²) in [5.41, 5.74) is 29.5. The minimum absolute atomic E-state index is 0.290. The number of halogens is 2. The lowest BCUT2D eigenvalue weighted by atomic mass is 9.85. The van der Waals surface area contributed by atoms with Crippen LogP contribution >= 0.6 is 0 Å². The quantitative estimate of drug-likeness (QED) is 0.102. The van der Waals surface area contributed by atoms with Crippen LogP contribution in [0.4, 0.5) is 42.9 Å². The second kappa shape index (κ2) is 31.4. The number of rotatable bonds is 14. The Bertz CT molecular complexity index is 9090. The molecule has 0 aliphatic heterocycles. The maximum Gasteiger partial charge on any atom is 0.159 e. The number of furan rings is 1. The molecule has 0 N–H and O–H groups in total. The van der Waals surface area contributed by atoms with Crippen LogP contribution in [0.5, 0.6) is 0 Å². The maximum absolute atomic E-state index is 17.7. The van der Waals surface area contributed by atoms with Crippen molar-refractivity contribution in [3.63, 3.8) is 0 Å². The van der Waals surface area contributed by atoms with Gasteiger partial charge in [-0.15, -0.1) is 0 Å². The van der Waals surface area contributed by atoms with Crippen molar-refractivity contribution in [2.75, 3.05) is 9.80 Å². The lowest BCUT2D eigenvalue weighted by Gasteiger charge is -2.29. The van der Waals surface area contributed by atoms with E-state index < -0.39 is 0 Å². The van der Waals surface area contributed by atoms with Gasteiger partial charge in [-0.25, -0.2) is 8.78 Å². The largest absolute Gasteiger partial charge is 0.454 e. The van der Waals surface area contributed by atoms with Gasteiger partial charge in [0.25, 0.3) is 0 Å². The molecule has 3 aromatic heterocycles. The van der Waals surface area contributed by atoms with E-state index in [0.29, 0.717) is 17.0 Å². The SMILES string of the molecule is Cc1cc(-c2ccc(N(c3c(F)cc(-c4ccccc4)cc3-c3ccccc3)c3cccc4c3oc3ccccc34)cc2)c2ccc3c(C)c4c(c5ccc1c2c35)c1ccccc1n4-c1ccccc1.Cc1cc(-c2ccc(N(c3ccccc3)c3c(F)cc(-c4ccccc4)cc3-c3ccccc3)cc2)c2ccc3c(C)c4c(c5ccc1c2c35)c1ccccc1n4-c1ccccc1. The van der Waals surface area contributed by atoms with Crippen molar-refractivity contribution in [1.29, 1.82) is 0 Å². The first kappa shape index (κ1) is 78.3. The fourth-order valence-corrected chi connectivity index (χ4v) is 21.8. The molecule has 26 rings (SSSR count). The van der Waals surface area contributed by atoms with Crippen molar-refractivity contribution in [3.05, 3.63) is 471 Å². The van der Waals surface area contributed by atoms with Crippen molar-refractivity contribution in [1.82, 2.24) is 9.13 Å². The normalized spacial score (nSPS) is 11.8. The average molecular weight is 1710 g/mol. The monoisotopic (exact) mass is 1710 g/mol. The molecule has 26 aromatic rings. The second-order valence-electron chi connectivity index (χ2n) is 35.2. The van der Waals surface area contributed by atoms with E-state index in [1.165, 1.54) is 136 Å². The van der Waals surface area contributed by atoms with Gasteiger partial charge in [0.1, 0.15) is 17.2 Å². The Hall–Kier alpha value is -17.0. The van der Waals surface area contributed by atoms with Gasteiger partial charge in [-0.3, -0.25) is 0 Å². The van der Waals surface area contributed by atoms with Crippen LogP contribution in [0.1, 0.15) is 22.3 Å². The number of fused-ring (bicyclic) bond motifs is 11. The number of para-hydroxylation sites is 7. The first-order valence-corrected chi connectivity index (χ1v) is 45.6. The summed E-state index contributed by atoms with van der Waals surface area (Å²) in [6.45, 7) is 9.05. The molecule has 133 heavy (non-hydrogen) atoms. The molecule has 5 nitrogen and oxygen atoms in total. The number of benzene rings is 23. The Morgan fingerprint density at radius 2 is 0.564 bits per heavy atom. The lowest BCUT2D eigenvalue weighted by molar-refractivity contribution is 0.629. The molecule has 0 saturated carbocycles. The highest BCUT2D eigenvalue weighted by atomic mass is 19.1. The Balaban J connectivity index is 0.000000143. The molecule has 0 saturated heterocycles. The number of aryl methyl sites for hydroxylation is 4. The van der Waals surface area contributed by atoms with E-state index in [9.17, 15) is 0 Å². The smallest absolute Gasteiger partial charge is 0.159 e. The van der Waals surface area contributed by atoms with Gasteiger partial charge in [-0.1, -0.05) is 328 Å². The molecule has 628 valence electrons. The van der Waals surface area contributed by atoms with Crippen LogP contribution in [-0.2, 0) is 0 Å². The summed E-state index contributed by atoms with van der Waals surface area (Å²) < 4.78 is 46.4. The number of hydrogen-bond donors (Lipinski definition) is 0. The minimum atomic E-state index is -0.337. The molecule has 0 fully saturated rings. The predicted molar refractivity (Wildman–Crippen MR) is 557 cm³/mol. The standard InChI is InChI=1S/C66H43FN2O.C60H41FN2/c1-40-37-55(51-35-34-49-41(2)64-63(54-36-33-48(40)61(51)62(49)54)53-24-12-14-26-58(53)68(64)46-21-10-5-11-22-46)44-29-31-47(32-30-44)69(59-27-16-25-52-50-23-13-15-28-60(50)70-66(52)59)65-56(43-19-8-4-9-20-43)38-45(39-57(65)67)42-17-6-3-7-18-42;1-38-35-52(49-33-32-48-39(2)59-58(51-34-31-47(38)56(49)57(48)51)50-25-15-16-26-55(50)63(59)45-23-13-6-14-24-45)42-27-29-46(30-28-42)62(44-21-11-5-12-22-44)60-53(41-19-9-4-10-20-41)36-43(37-54(60)61)40-17-7-3-8-18-40/h3-39H,1-2H3;3-37H,1-2H3. The summed E-state index contributed by atoms with van der Waals surface area (Å²) in [6.07, 6.45) is 0. The zero-order valence-electron chi connectivity index (χ0n) is 73.5. The first-order chi connectivity index (χ1) is 65.5. The van der Waals surface area contributed by atoms with Crippen molar-refractivity contribution >= 4 is 164 Å². The Labute approximate surface area is 767 Å². The van der Waals surface area contributed by atoms with E-state index in [4.69, 9.17) is 4.42 Å². The summed E-state index contributed by atoms with van der Waals surface area (Å²) in [5.74, 6) is -0.627. The molecule has 0 unspecified atom stereocenters. The van der Waals surface area contributed by atoms with E-state index >= 15 is 8.78 Å². The van der Waals surface area contributed by atoms with Crippen molar-refractivity contribution < 1.29 is 13.2 Å². The van der Waals surface area contributed by atoms with E-state index in [-0.39, 0.29) is 11.6 Å². The third-order valence-electron chi connectivity index (χ3n) is 27.8. The summed E-state index contributed by atoms with van der Waals surface area (Å²) in [5, 5.41) is 22.3. The fourth-order valence-electron chi connectivity index (χ4n) is 21.8. The molecular weight excluding hydrogens is 1620 g/mol. The highest BCUT2D eigenvalue weighted by molar-refractivity contribution is 6.37. The van der Waals surface area contributed by atoms with Crippen molar-refractivity contribution in [2.24, 2.45) is 0 Å². The molecular formula is C126H84F2N4O. The van der Waals surface area contributed by atoms with Crippen LogP contribution in [0.2, 0.25) is 0 Å². The van der Waals surface area contributed by atoms with Gasteiger partial charge in [0.05, 0.1) is 39.1 Å². The van der Waals surface area contributed by atoms with Crippen molar-refractivity contribution in [2.45, 2.75) is 27.7 Å². The average Bonchev–Trinajstić information content (AvgIpc) is 1.49. The number of aromatic nitrogens is 2. The topological polar surface area (TPSA) is 29.5 Å². The van der Waals surface area contributed by atoms with E-state index in [2.05, 4.69) is 314 Å². The first-order valence-electron chi connectivity index (χ1n) is 45.6. The van der Waals surface area contributed by atoms with Gasteiger partial charge >= 0.3 is 0 Å². The third kappa shape index (κ3) is 12.6. The summed E-state index contributed by atoms with van der Waals surface area (Å²) in [4.78, 5) is 4.11. The molecule has 0 radical (unpaired) electrons. The molecule has 0 spiro atoms. The van der Waals surface area contributed by atoms with Crippen molar-refractivity contribution in [3.8, 4) is 78.1 Å².